The van der Waals surface area contributed by atoms with Gasteiger partial charge in [-0.2, -0.15) is 5.10 Å². The maximum atomic E-state index is 12.0. The van der Waals surface area contributed by atoms with Crippen LogP contribution in [0.4, 0.5) is 11.4 Å². The average Bonchev–Trinajstić information content (AvgIpc) is 2.97. The van der Waals surface area contributed by atoms with Crippen molar-refractivity contribution in [2.75, 3.05) is 29.9 Å². The molecule has 154 valence electrons. The van der Waals surface area contributed by atoms with Crippen LogP contribution in [-0.4, -0.2) is 41.4 Å². The minimum absolute atomic E-state index is 0.364. The smallest absolute Gasteiger partial charge is 0.331 e. The maximum absolute atomic E-state index is 12.0. The monoisotopic (exact) mass is 416 g/mol. The van der Waals surface area contributed by atoms with E-state index in [1.807, 2.05) is 24.3 Å². The lowest BCUT2D eigenvalue weighted by Gasteiger charge is -2.28. The molecule has 0 unspecified atom stereocenters. The van der Waals surface area contributed by atoms with E-state index in [0.29, 0.717) is 22.1 Å². The Labute approximate surface area is 175 Å². The number of halogens is 1. The molecule has 1 aromatic carbocycles. The summed E-state index contributed by atoms with van der Waals surface area (Å²) in [5, 5.41) is 7.32. The first-order valence-electron chi connectivity index (χ1n) is 9.63. The molecule has 1 saturated heterocycles. The van der Waals surface area contributed by atoms with Crippen molar-refractivity contribution in [2.24, 2.45) is 7.05 Å². The summed E-state index contributed by atoms with van der Waals surface area (Å²) < 4.78 is 6.51. The predicted octanol–water partition coefficient (Wildman–Crippen LogP) is 3.57. The molecule has 2 aromatic rings. The van der Waals surface area contributed by atoms with Crippen LogP contribution in [0.1, 0.15) is 30.5 Å². The standard InChI is InChI=1S/C21H25ClN4O3/c1-15-18(21(22)25(2)24-15)10-11-20(28)29-14-19(27)23-16-6-8-17(9-7-16)26-12-4-3-5-13-26/h6-11H,3-5,12-14H2,1-2H3,(H,23,27)/b11-10+. The fourth-order valence-electron chi connectivity index (χ4n) is 3.28. The van der Waals surface area contributed by atoms with Gasteiger partial charge in [0.05, 0.1) is 5.69 Å². The van der Waals surface area contributed by atoms with Crippen molar-refractivity contribution in [3.63, 3.8) is 0 Å². The Morgan fingerprint density at radius 3 is 2.52 bits per heavy atom. The summed E-state index contributed by atoms with van der Waals surface area (Å²) >= 11 is 6.11. The van der Waals surface area contributed by atoms with Gasteiger partial charge in [-0.05, 0) is 56.5 Å². The number of nitrogens with one attached hydrogen (secondary N) is 1. The Kier molecular flexibility index (Phi) is 6.93. The number of carbonyl (C=O) groups is 2. The summed E-state index contributed by atoms with van der Waals surface area (Å²) in [5.41, 5.74) is 3.17. The molecule has 3 rings (SSSR count). The van der Waals surface area contributed by atoms with Gasteiger partial charge in [0.2, 0.25) is 0 Å². The van der Waals surface area contributed by atoms with E-state index in [2.05, 4.69) is 15.3 Å². The second kappa shape index (κ2) is 9.60. The van der Waals surface area contributed by atoms with E-state index < -0.39 is 11.9 Å². The van der Waals surface area contributed by atoms with Crippen LogP contribution in [0, 0.1) is 6.92 Å². The number of hydrogen-bond acceptors (Lipinski definition) is 5. The summed E-state index contributed by atoms with van der Waals surface area (Å²) in [6.45, 7) is 3.57. The summed E-state index contributed by atoms with van der Waals surface area (Å²) in [4.78, 5) is 26.2. The number of nitrogens with zero attached hydrogens (tertiary/aromatic N) is 3. The molecule has 2 heterocycles. The van der Waals surface area contributed by atoms with E-state index in [1.54, 1.807) is 14.0 Å². The van der Waals surface area contributed by atoms with Crippen LogP contribution < -0.4 is 10.2 Å². The van der Waals surface area contributed by atoms with Crippen molar-refractivity contribution in [3.05, 3.63) is 46.8 Å². The number of benzene rings is 1. The van der Waals surface area contributed by atoms with E-state index >= 15 is 0 Å². The lowest BCUT2D eigenvalue weighted by Crippen LogP contribution is -2.29. The summed E-state index contributed by atoms with van der Waals surface area (Å²) in [6, 6.07) is 7.71. The third-order valence-corrected chi connectivity index (χ3v) is 5.25. The van der Waals surface area contributed by atoms with Gasteiger partial charge < -0.3 is 15.0 Å². The number of piperidine rings is 1. The van der Waals surface area contributed by atoms with Crippen molar-refractivity contribution in [3.8, 4) is 0 Å². The Balaban J connectivity index is 1.46. The van der Waals surface area contributed by atoms with E-state index in [1.165, 1.54) is 36.1 Å². The molecule has 0 saturated carbocycles. The third kappa shape index (κ3) is 5.60. The van der Waals surface area contributed by atoms with Crippen molar-refractivity contribution in [1.29, 1.82) is 0 Å². The molecule has 1 aliphatic rings. The molecule has 8 heteroatoms. The minimum Gasteiger partial charge on any atom is -0.452 e. The largest absolute Gasteiger partial charge is 0.452 e. The molecular formula is C21H25ClN4O3. The van der Waals surface area contributed by atoms with E-state index in [4.69, 9.17) is 16.3 Å². The number of aryl methyl sites for hydroxylation is 2. The van der Waals surface area contributed by atoms with Crippen LogP contribution in [0.5, 0.6) is 0 Å². The van der Waals surface area contributed by atoms with Crippen molar-refractivity contribution < 1.29 is 14.3 Å². The second-order valence-electron chi connectivity index (χ2n) is 7.00. The summed E-state index contributed by atoms with van der Waals surface area (Å²) in [6.07, 6.45) is 6.48. The summed E-state index contributed by atoms with van der Waals surface area (Å²) in [7, 11) is 1.72. The van der Waals surface area contributed by atoms with Gasteiger partial charge in [-0.3, -0.25) is 9.48 Å². The Morgan fingerprint density at radius 1 is 1.21 bits per heavy atom. The van der Waals surface area contributed by atoms with Gasteiger partial charge in [-0.25, -0.2) is 4.79 Å². The number of anilines is 2. The van der Waals surface area contributed by atoms with Gasteiger partial charge in [-0.15, -0.1) is 0 Å². The van der Waals surface area contributed by atoms with Crippen LogP contribution in [0.3, 0.4) is 0 Å². The summed E-state index contributed by atoms with van der Waals surface area (Å²) in [5.74, 6) is -1.02. The van der Waals surface area contributed by atoms with Crippen LogP contribution in [0.2, 0.25) is 5.15 Å². The molecule has 1 aliphatic heterocycles. The molecule has 0 aliphatic carbocycles. The molecular weight excluding hydrogens is 392 g/mol. The Morgan fingerprint density at radius 2 is 1.90 bits per heavy atom. The number of aromatic nitrogens is 2. The van der Waals surface area contributed by atoms with Crippen molar-refractivity contribution >= 4 is 40.9 Å². The molecule has 1 N–H and O–H groups in total. The zero-order chi connectivity index (χ0) is 20.8. The second-order valence-corrected chi connectivity index (χ2v) is 7.36. The highest BCUT2D eigenvalue weighted by Crippen LogP contribution is 2.22. The Hall–Kier alpha value is -2.80. The molecule has 7 nitrogen and oxygen atoms in total. The highest BCUT2D eigenvalue weighted by Gasteiger charge is 2.12. The lowest BCUT2D eigenvalue weighted by molar-refractivity contribution is -0.142. The third-order valence-electron chi connectivity index (χ3n) is 4.80. The van der Waals surface area contributed by atoms with Gasteiger partial charge in [0.15, 0.2) is 6.61 Å². The first-order valence-corrected chi connectivity index (χ1v) is 10.0. The topological polar surface area (TPSA) is 76.5 Å². The number of amides is 1. The molecule has 1 fully saturated rings. The number of esters is 1. The molecule has 1 amide bonds. The SMILES string of the molecule is Cc1nn(C)c(Cl)c1/C=C/C(=O)OCC(=O)Nc1ccc(N2CCCCC2)cc1. The first-order chi connectivity index (χ1) is 13.9. The van der Waals surface area contributed by atoms with Gasteiger partial charge in [0, 0.05) is 43.2 Å². The predicted molar refractivity (Wildman–Crippen MR) is 114 cm³/mol. The number of ether oxygens (including phenoxy) is 1. The quantitative estimate of drug-likeness (QED) is 0.575. The zero-order valence-corrected chi connectivity index (χ0v) is 17.4. The van der Waals surface area contributed by atoms with Gasteiger partial charge in [0.1, 0.15) is 5.15 Å². The molecule has 1 aromatic heterocycles. The highest BCUT2D eigenvalue weighted by atomic mass is 35.5. The Bertz CT molecular complexity index is 899. The first kappa shape index (κ1) is 20.9. The van der Waals surface area contributed by atoms with E-state index in [0.717, 1.165) is 18.8 Å². The van der Waals surface area contributed by atoms with Gasteiger partial charge in [0.25, 0.3) is 5.91 Å². The zero-order valence-electron chi connectivity index (χ0n) is 16.7. The average molecular weight is 417 g/mol. The minimum atomic E-state index is -0.625. The number of hydrogen-bond donors (Lipinski definition) is 1. The fourth-order valence-corrected chi connectivity index (χ4v) is 3.51. The normalized spacial score (nSPS) is 14.2. The maximum Gasteiger partial charge on any atom is 0.331 e. The molecule has 0 bridgehead atoms. The van der Waals surface area contributed by atoms with Gasteiger partial charge >= 0.3 is 5.97 Å². The molecule has 0 radical (unpaired) electrons. The van der Waals surface area contributed by atoms with E-state index in [9.17, 15) is 9.59 Å². The van der Waals surface area contributed by atoms with Crippen LogP contribution in [0.15, 0.2) is 30.3 Å². The van der Waals surface area contributed by atoms with Crippen LogP contribution in [0.25, 0.3) is 6.08 Å². The number of carbonyl (C=O) groups excluding carboxylic acids is 2. The van der Waals surface area contributed by atoms with Crippen molar-refractivity contribution in [2.45, 2.75) is 26.2 Å². The molecule has 0 spiro atoms. The van der Waals surface area contributed by atoms with Crippen LogP contribution in [-0.2, 0) is 21.4 Å². The fraction of sp³-hybridized carbons (Fsp3) is 0.381. The number of rotatable bonds is 6. The van der Waals surface area contributed by atoms with E-state index in [-0.39, 0.29) is 6.61 Å². The van der Waals surface area contributed by atoms with Gasteiger partial charge in [-0.1, -0.05) is 11.6 Å². The molecule has 29 heavy (non-hydrogen) atoms. The molecule has 0 atom stereocenters. The van der Waals surface area contributed by atoms with Crippen LogP contribution >= 0.6 is 11.6 Å². The lowest BCUT2D eigenvalue weighted by atomic mass is 10.1. The van der Waals surface area contributed by atoms with Crippen molar-refractivity contribution in [1.82, 2.24) is 9.78 Å². The highest BCUT2D eigenvalue weighted by molar-refractivity contribution is 6.31.